The zero-order valence-electron chi connectivity index (χ0n) is 15.3. The lowest BCUT2D eigenvalue weighted by atomic mass is 10.1. The molecule has 0 spiro atoms. The zero-order chi connectivity index (χ0) is 18.5. The smallest absolute Gasteiger partial charge is 0.229 e. The van der Waals surface area contributed by atoms with Gasteiger partial charge in [-0.05, 0) is 44.7 Å². The minimum Gasteiger partial charge on any atom is -0.336 e. The molecule has 0 unspecified atom stereocenters. The van der Waals surface area contributed by atoms with Crippen molar-refractivity contribution in [2.24, 2.45) is 0 Å². The van der Waals surface area contributed by atoms with E-state index in [-0.39, 0.29) is 5.91 Å². The van der Waals surface area contributed by atoms with E-state index in [1.54, 1.807) is 11.3 Å². The lowest BCUT2D eigenvalue weighted by Gasteiger charge is -2.31. The highest BCUT2D eigenvalue weighted by Crippen LogP contribution is 2.30. The summed E-state index contributed by atoms with van der Waals surface area (Å²) in [7, 11) is 2.14. The second kappa shape index (κ2) is 6.31. The van der Waals surface area contributed by atoms with E-state index in [9.17, 15) is 4.79 Å². The molecule has 0 N–H and O–H groups in total. The van der Waals surface area contributed by atoms with Gasteiger partial charge in [0.15, 0.2) is 0 Å². The average Bonchev–Trinajstić information content (AvgIpc) is 3.36. The molecule has 2 aliphatic rings. The van der Waals surface area contributed by atoms with Crippen LogP contribution in [0.25, 0.3) is 21.5 Å². The van der Waals surface area contributed by atoms with Crippen LogP contribution < -0.4 is 0 Å². The molecule has 0 aliphatic carbocycles. The summed E-state index contributed by atoms with van der Waals surface area (Å²) < 4.78 is 0. The molecule has 1 amide bonds. The van der Waals surface area contributed by atoms with Crippen molar-refractivity contribution in [3.63, 3.8) is 0 Å². The van der Waals surface area contributed by atoms with Crippen LogP contribution >= 0.6 is 11.3 Å². The minimum atomic E-state index is 0.153. The van der Waals surface area contributed by atoms with Crippen LogP contribution in [0.15, 0.2) is 24.3 Å². The number of fused-ring (bicyclic) bond motifs is 3. The van der Waals surface area contributed by atoms with Gasteiger partial charge >= 0.3 is 0 Å². The highest BCUT2D eigenvalue weighted by molar-refractivity contribution is 7.14. The molecule has 0 radical (unpaired) electrons. The van der Waals surface area contributed by atoms with E-state index < -0.39 is 0 Å². The summed E-state index contributed by atoms with van der Waals surface area (Å²) in [5.41, 5.74) is 2.55. The van der Waals surface area contributed by atoms with Crippen LogP contribution in [-0.2, 0) is 11.2 Å². The number of aryl methyl sites for hydroxylation is 1. The van der Waals surface area contributed by atoms with Crippen molar-refractivity contribution in [3.8, 4) is 10.6 Å². The van der Waals surface area contributed by atoms with Crippen molar-refractivity contribution < 1.29 is 4.79 Å². The summed E-state index contributed by atoms with van der Waals surface area (Å²) in [6.07, 6.45) is 1.40. The number of likely N-dealkylation sites (N-methyl/N-ethyl adjacent to an activating group) is 1. The summed E-state index contributed by atoms with van der Waals surface area (Å²) >= 11 is 1.57. The molecule has 2 saturated heterocycles. The van der Waals surface area contributed by atoms with Crippen molar-refractivity contribution in [3.05, 3.63) is 35.0 Å². The molecule has 1 aromatic carbocycles. The third-order valence-corrected chi connectivity index (χ3v) is 6.46. The van der Waals surface area contributed by atoms with Gasteiger partial charge < -0.3 is 4.90 Å². The van der Waals surface area contributed by atoms with Gasteiger partial charge in [-0.3, -0.25) is 9.69 Å². The maximum Gasteiger partial charge on any atom is 0.229 e. The third-order valence-electron chi connectivity index (χ3n) is 5.58. The monoisotopic (exact) mass is 380 g/mol. The van der Waals surface area contributed by atoms with Crippen molar-refractivity contribution in [2.45, 2.75) is 31.8 Å². The van der Waals surface area contributed by atoms with Gasteiger partial charge in [-0.25, -0.2) is 0 Å². The molecule has 5 rings (SSSR count). The molecule has 138 valence electrons. The Kier molecular flexibility index (Phi) is 3.91. The Bertz CT molecular complexity index is 1030. The zero-order valence-corrected chi connectivity index (χ0v) is 16.1. The Morgan fingerprint density at radius 1 is 1.15 bits per heavy atom. The van der Waals surface area contributed by atoms with E-state index in [0.717, 1.165) is 46.0 Å². The number of hydrogen-bond acceptors (Lipinski definition) is 7. The summed E-state index contributed by atoms with van der Waals surface area (Å²) in [5, 5.41) is 19.7. The van der Waals surface area contributed by atoms with Crippen LogP contribution in [0, 0.1) is 6.92 Å². The van der Waals surface area contributed by atoms with Crippen LogP contribution in [0.2, 0.25) is 0 Å². The molecule has 8 heteroatoms. The Hall–Kier alpha value is -2.45. The predicted octanol–water partition coefficient (Wildman–Crippen LogP) is 1.91. The van der Waals surface area contributed by atoms with Crippen LogP contribution in [-0.4, -0.2) is 68.3 Å². The average molecular weight is 380 g/mol. The largest absolute Gasteiger partial charge is 0.336 e. The molecule has 7 nitrogen and oxygen atoms in total. The molecule has 3 aromatic rings. The number of piperazine rings is 1. The minimum absolute atomic E-state index is 0.153. The molecule has 2 aromatic heterocycles. The number of amides is 1. The van der Waals surface area contributed by atoms with Crippen molar-refractivity contribution in [1.29, 1.82) is 0 Å². The van der Waals surface area contributed by atoms with Crippen molar-refractivity contribution in [2.75, 3.05) is 20.1 Å². The maximum atomic E-state index is 12.8. The van der Waals surface area contributed by atoms with Gasteiger partial charge in [0.25, 0.3) is 0 Å². The van der Waals surface area contributed by atoms with E-state index in [0.29, 0.717) is 24.2 Å². The first kappa shape index (κ1) is 16.7. The van der Waals surface area contributed by atoms with E-state index >= 15 is 0 Å². The van der Waals surface area contributed by atoms with E-state index in [2.05, 4.69) is 32.3 Å². The fourth-order valence-corrected chi connectivity index (χ4v) is 4.84. The second-order valence-corrected chi connectivity index (χ2v) is 8.62. The highest BCUT2D eigenvalue weighted by atomic mass is 32.1. The second-order valence-electron chi connectivity index (χ2n) is 7.44. The fraction of sp³-hybridized carbons (Fsp3) is 0.421. The number of likely N-dealkylation sites (tertiary alicyclic amines) is 2. The fourth-order valence-electron chi connectivity index (χ4n) is 4.15. The quantitative estimate of drug-likeness (QED) is 0.691. The molecule has 2 aliphatic heterocycles. The van der Waals surface area contributed by atoms with Crippen molar-refractivity contribution in [1.82, 2.24) is 30.2 Å². The first-order chi connectivity index (χ1) is 13.1. The Labute approximate surface area is 161 Å². The molecular formula is C19H20N6OS. The molecule has 2 bridgehead atoms. The first-order valence-electron chi connectivity index (χ1n) is 9.13. The Morgan fingerprint density at radius 3 is 2.74 bits per heavy atom. The highest BCUT2D eigenvalue weighted by Gasteiger charge is 2.43. The standard InChI is InChI=1S/C19H20N6OS/c1-11-20-23-19(27-11)12-3-4-17-13(5-12)6-14(21-22-17)7-18(26)25-10-15-8-16(25)9-24(15)2/h3-6,15-16H,7-10H2,1-2H3/t15-,16-/m0/s1. The third kappa shape index (κ3) is 2.98. The van der Waals surface area contributed by atoms with Gasteiger partial charge in [0.05, 0.1) is 17.6 Å². The molecule has 2 atom stereocenters. The van der Waals surface area contributed by atoms with Gasteiger partial charge in [-0.1, -0.05) is 11.3 Å². The molecule has 27 heavy (non-hydrogen) atoms. The summed E-state index contributed by atoms with van der Waals surface area (Å²) in [6, 6.07) is 8.81. The molecule has 0 saturated carbocycles. The number of rotatable bonds is 3. The Morgan fingerprint density at radius 2 is 2.04 bits per heavy atom. The van der Waals surface area contributed by atoms with Gasteiger partial charge in [-0.15, -0.1) is 10.2 Å². The van der Waals surface area contributed by atoms with E-state index in [4.69, 9.17) is 0 Å². The lowest BCUT2D eigenvalue weighted by Crippen LogP contribution is -2.47. The summed E-state index contributed by atoms with van der Waals surface area (Å²) in [4.78, 5) is 17.1. The summed E-state index contributed by atoms with van der Waals surface area (Å²) in [5.74, 6) is 0.153. The number of hydrogen-bond donors (Lipinski definition) is 0. The maximum absolute atomic E-state index is 12.8. The normalized spacial score (nSPS) is 22.1. The SMILES string of the molecule is Cc1nnc(-c2ccc3nnc(CC(=O)N4C[C@@H]5C[C@H]4CN5C)cc3c2)s1. The number of benzene rings is 1. The van der Waals surface area contributed by atoms with Gasteiger partial charge in [0.1, 0.15) is 10.0 Å². The number of carbonyl (C=O) groups excluding carboxylic acids is 1. The van der Waals surface area contributed by atoms with Crippen LogP contribution in [0.4, 0.5) is 0 Å². The van der Waals surface area contributed by atoms with Crippen LogP contribution in [0.1, 0.15) is 17.1 Å². The van der Waals surface area contributed by atoms with E-state index in [1.165, 1.54) is 0 Å². The van der Waals surface area contributed by atoms with Gasteiger partial charge in [0.2, 0.25) is 5.91 Å². The lowest BCUT2D eigenvalue weighted by molar-refractivity contribution is -0.132. The van der Waals surface area contributed by atoms with Crippen LogP contribution in [0.3, 0.4) is 0 Å². The van der Waals surface area contributed by atoms with Gasteiger partial charge in [-0.2, -0.15) is 10.2 Å². The first-order valence-corrected chi connectivity index (χ1v) is 9.95. The molecule has 2 fully saturated rings. The number of nitrogens with zero attached hydrogens (tertiary/aromatic N) is 6. The van der Waals surface area contributed by atoms with Gasteiger partial charge in [0, 0.05) is 36.1 Å². The summed E-state index contributed by atoms with van der Waals surface area (Å²) in [6.45, 7) is 3.76. The Balaban J connectivity index is 1.38. The predicted molar refractivity (Wildman–Crippen MR) is 103 cm³/mol. The van der Waals surface area contributed by atoms with E-state index in [1.807, 2.05) is 36.1 Å². The molecule has 4 heterocycles. The topological polar surface area (TPSA) is 75.1 Å². The van der Waals surface area contributed by atoms with Crippen molar-refractivity contribution >= 4 is 28.1 Å². The number of aromatic nitrogens is 4. The van der Waals surface area contributed by atoms with Crippen LogP contribution in [0.5, 0.6) is 0 Å². The molecular weight excluding hydrogens is 360 g/mol. The number of carbonyl (C=O) groups is 1.